The van der Waals surface area contributed by atoms with Crippen molar-refractivity contribution in [2.24, 2.45) is 0 Å². The lowest BCUT2D eigenvalue weighted by molar-refractivity contribution is -0.385. The summed E-state index contributed by atoms with van der Waals surface area (Å²) < 4.78 is 0. The van der Waals surface area contributed by atoms with Crippen LogP contribution < -0.4 is 0 Å². The Bertz CT molecular complexity index is 290. The molecule has 4 nitrogen and oxygen atoms in total. The van der Waals surface area contributed by atoms with Gasteiger partial charge in [0.2, 0.25) is 5.60 Å². The largest absolute Gasteiger partial charge is 0.296 e. The molecule has 0 spiro atoms. The number of ketones is 2. The monoisotopic (exact) mass is 228 g/mol. The second kappa shape index (κ2) is 4.63. The Hall–Kier alpha value is -0.740. The summed E-state index contributed by atoms with van der Waals surface area (Å²) in [5.41, 5.74) is -1.88. The summed E-state index contributed by atoms with van der Waals surface area (Å²) in [6.45, 7) is 6.83. The topological polar surface area (TPSA) is 52.6 Å². The maximum atomic E-state index is 11.8. The van der Waals surface area contributed by atoms with E-state index in [0.717, 1.165) is 12.8 Å². The molecule has 0 heterocycles. The fourth-order valence-corrected chi connectivity index (χ4v) is 1.72. The molecule has 92 valence electrons. The summed E-state index contributed by atoms with van der Waals surface area (Å²) in [5.74, 6) is -0.419. The number of carbonyl (C=O) groups is 2. The third kappa shape index (κ3) is 2.89. The van der Waals surface area contributed by atoms with Crippen LogP contribution in [0.25, 0.3) is 0 Å². The van der Waals surface area contributed by atoms with Crippen LogP contribution in [0.5, 0.6) is 0 Å². The van der Waals surface area contributed by atoms with E-state index in [1.807, 2.05) is 20.8 Å². The molecule has 0 bridgehead atoms. The predicted octanol–water partition coefficient (Wildman–Crippen LogP) is 2.20. The average molecular weight is 228 g/mol. The number of rotatable bonds is 3. The van der Waals surface area contributed by atoms with Gasteiger partial charge in [0.05, 0.1) is 5.60 Å². The van der Waals surface area contributed by atoms with Crippen LogP contribution in [0.4, 0.5) is 0 Å². The van der Waals surface area contributed by atoms with E-state index < -0.39 is 11.2 Å². The Balaban J connectivity index is 2.80. The predicted molar refractivity (Wildman–Crippen MR) is 58.8 cm³/mol. The molecule has 1 atom stereocenters. The number of Topliss-reactive ketones (excluding diaryl/α,β-unsaturated/α-hetero) is 2. The quantitative estimate of drug-likeness (QED) is 0.422. The molecule has 0 aromatic heterocycles. The minimum Gasteiger partial charge on any atom is -0.296 e. The van der Waals surface area contributed by atoms with Crippen LogP contribution in [-0.4, -0.2) is 22.8 Å². The molecule has 1 aliphatic carbocycles. The molecule has 0 aromatic rings. The molecule has 4 heteroatoms. The van der Waals surface area contributed by atoms with Crippen molar-refractivity contribution in [1.82, 2.24) is 0 Å². The first-order chi connectivity index (χ1) is 7.28. The minimum atomic E-state index is -1.36. The van der Waals surface area contributed by atoms with E-state index in [2.05, 4.69) is 0 Å². The molecule has 1 unspecified atom stereocenters. The molecule has 0 aliphatic heterocycles. The fraction of sp³-hybridized carbons (Fsp3) is 0.833. The van der Waals surface area contributed by atoms with E-state index >= 15 is 0 Å². The highest BCUT2D eigenvalue weighted by molar-refractivity contribution is 6.09. The van der Waals surface area contributed by atoms with Crippen molar-refractivity contribution in [3.63, 3.8) is 0 Å². The Labute approximate surface area is 96.2 Å². The van der Waals surface area contributed by atoms with Gasteiger partial charge >= 0.3 is 0 Å². The van der Waals surface area contributed by atoms with Gasteiger partial charge in [-0.3, -0.25) is 9.59 Å². The van der Waals surface area contributed by atoms with Gasteiger partial charge in [-0.2, -0.15) is 0 Å². The van der Waals surface area contributed by atoms with Crippen molar-refractivity contribution in [3.05, 3.63) is 0 Å². The molecule has 16 heavy (non-hydrogen) atoms. The Morgan fingerprint density at radius 1 is 1.31 bits per heavy atom. The third-order valence-electron chi connectivity index (χ3n) is 2.64. The summed E-state index contributed by atoms with van der Waals surface area (Å²) in [5, 5.41) is 0. The van der Waals surface area contributed by atoms with Gasteiger partial charge in [0.15, 0.2) is 11.6 Å². The SMILES string of the molecule is CC(=O)C1(OOC(C)(C)C)CCCCC1=O. The summed E-state index contributed by atoms with van der Waals surface area (Å²) in [7, 11) is 0. The van der Waals surface area contributed by atoms with Crippen LogP contribution in [-0.2, 0) is 19.4 Å². The second-order valence-electron chi connectivity index (χ2n) is 5.29. The maximum Gasteiger partial charge on any atom is 0.218 e. The molecule has 0 N–H and O–H groups in total. The van der Waals surface area contributed by atoms with Gasteiger partial charge in [-0.15, -0.1) is 0 Å². The van der Waals surface area contributed by atoms with E-state index in [9.17, 15) is 9.59 Å². The molecule has 1 fully saturated rings. The minimum absolute atomic E-state index is 0.157. The summed E-state index contributed by atoms with van der Waals surface area (Å²) in [6, 6.07) is 0. The lowest BCUT2D eigenvalue weighted by Crippen LogP contribution is -2.51. The molecule has 1 rings (SSSR count). The first kappa shape index (κ1) is 13.3. The standard InChI is InChI=1S/C12H20O4/c1-9(13)12(16-15-11(2,3)4)8-6-5-7-10(12)14/h5-8H2,1-4H3. The summed E-state index contributed by atoms with van der Waals surface area (Å²) in [4.78, 5) is 33.8. The van der Waals surface area contributed by atoms with Gasteiger partial charge in [0.1, 0.15) is 0 Å². The van der Waals surface area contributed by atoms with Crippen molar-refractivity contribution < 1.29 is 19.4 Å². The van der Waals surface area contributed by atoms with Crippen LogP contribution in [0.1, 0.15) is 53.4 Å². The molecule has 1 saturated carbocycles. The van der Waals surface area contributed by atoms with Gasteiger partial charge in [0.25, 0.3) is 0 Å². The molecular formula is C12H20O4. The maximum absolute atomic E-state index is 11.8. The van der Waals surface area contributed by atoms with E-state index in [-0.39, 0.29) is 11.6 Å². The summed E-state index contributed by atoms with van der Waals surface area (Å²) in [6.07, 6.45) is 2.47. The molecular weight excluding hydrogens is 208 g/mol. The number of hydrogen-bond donors (Lipinski definition) is 0. The first-order valence-electron chi connectivity index (χ1n) is 5.69. The zero-order valence-corrected chi connectivity index (χ0v) is 10.5. The lowest BCUT2D eigenvalue weighted by Gasteiger charge is -2.34. The van der Waals surface area contributed by atoms with Gasteiger partial charge in [-0.25, -0.2) is 9.78 Å². The van der Waals surface area contributed by atoms with Gasteiger partial charge in [-0.05, 0) is 47.0 Å². The van der Waals surface area contributed by atoms with Gasteiger partial charge in [0, 0.05) is 6.42 Å². The smallest absolute Gasteiger partial charge is 0.218 e. The first-order valence-corrected chi connectivity index (χ1v) is 5.69. The number of hydrogen-bond acceptors (Lipinski definition) is 4. The normalized spacial score (nSPS) is 26.9. The molecule has 1 aliphatic rings. The highest BCUT2D eigenvalue weighted by Gasteiger charge is 2.47. The van der Waals surface area contributed by atoms with E-state index in [0.29, 0.717) is 12.8 Å². The zero-order valence-electron chi connectivity index (χ0n) is 10.5. The second-order valence-corrected chi connectivity index (χ2v) is 5.29. The van der Waals surface area contributed by atoms with Crippen LogP contribution in [0.2, 0.25) is 0 Å². The van der Waals surface area contributed by atoms with Crippen LogP contribution in [0.3, 0.4) is 0 Å². The van der Waals surface area contributed by atoms with Gasteiger partial charge in [-0.1, -0.05) is 0 Å². The lowest BCUT2D eigenvalue weighted by atomic mass is 9.81. The van der Waals surface area contributed by atoms with Crippen LogP contribution in [0, 0.1) is 0 Å². The highest BCUT2D eigenvalue weighted by atomic mass is 17.2. The Morgan fingerprint density at radius 2 is 1.94 bits per heavy atom. The van der Waals surface area contributed by atoms with Gasteiger partial charge < -0.3 is 0 Å². The van der Waals surface area contributed by atoms with Crippen molar-refractivity contribution in [3.8, 4) is 0 Å². The van der Waals surface area contributed by atoms with Crippen LogP contribution >= 0.6 is 0 Å². The van der Waals surface area contributed by atoms with E-state index in [1.54, 1.807) is 0 Å². The third-order valence-corrected chi connectivity index (χ3v) is 2.64. The molecule has 0 saturated heterocycles. The van der Waals surface area contributed by atoms with E-state index in [4.69, 9.17) is 9.78 Å². The van der Waals surface area contributed by atoms with Crippen molar-refractivity contribution in [2.75, 3.05) is 0 Å². The van der Waals surface area contributed by atoms with E-state index in [1.165, 1.54) is 6.92 Å². The van der Waals surface area contributed by atoms with Crippen molar-refractivity contribution >= 4 is 11.6 Å². The fourth-order valence-electron chi connectivity index (χ4n) is 1.72. The molecule has 0 radical (unpaired) electrons. The van der Waals surface area contributed by atoms with Crippen molar-refractivity contribution in [2.45, 2.75) is 64.6 Å². The zero-order chi connectivity index (χ0) is 12.4. The highest BCUT2D eigenvalue weighted by Crippen LogP contribution is 2.31. The molecule has 0 amide bonds. The summed E-state index contributed by atoms with van der Waals surface area (Å²) >= 11 is 0. The molecule has 0 aromatic carbocycles. The Morgan fingerprint density at radius 3 is 2.38 bits per heavy atom. The Kier molecular flexibility index (Phi) is 3.86. The average Bonchev–Trinajstić information content (AvgIpc) is 2.15. The van der Waals surface area contributed by atoms with Crippen molar-refractivity contribution in [1.29, 1.82) is 0 Å². The number of carbonyl (C=O) groups excluding carboxylic acids is 2. The van der Waals surface area contributed by atoms with Crippen LogP contribution in [0.15, 0.2) is 0 Å².